The van der Waals surface area contributed by atoms with E-state index in [9.17, 15) is 4.79 Å². The Hall–Kier alpha value is -3.28. The van der Waals surface area contributed by atoms with Crippen molar-refractivity contribution >= 4 is 49.0 Å². The monoisotopic (exact) mass is 512 g/mol. The first-order valence-corrected chi connectivity index (χ1v) is 12.2. The van der Waals surface area contributed by atoms with E-state index in [-0.39, 0.29) is 5.78 Å². The lowest BCUT2D eigenvalue weighted by Crippen LogP contribution is -2.02. The number of halogens is 1. The van der Waals surface area contributed by atoms with Crippen molar-refractivity contribution in [3.05, 3.63) is 105 Å². The molecule has 2 heterocycles. The van der Waals surface area contributed by atoms with E-state index in [0.717, 1.165) is 37.1 Å². The Morgan fingerprint density at radius 2 is 1.42 bits per heavy atom. The molecule has 3 aromatic carbocycles. The van der Waals surface area contributed by atoms with E-state index in [2.05, 4.69) is 84.4 Å². The van der Waals surface area contributed by atoms with Gasteiger partial charge in [-0.15, -0.1) is 11.3 Å². The van der Waals surface area contributed by atoms with Gasteiger partial charge in [0.25, 0.3) is 0 Å². The third-order valence-corrected chi connectivity index (χ3v) is 7.35. The number of pyridine rings is 1. The molecule has 0 fully saturated rings. The number of benzene rings is 3. The van der Waals surface area contributed by atoms with E-state index in [0.29, 0.717) is 16.1 Å². The topological polar surface area (TPSA) is 56.0 Å². The summed E-state index contributed by atoms with van der Waals surface area (Å²) >= 11 is 4.78. The average molecular weight is 513 g/mol. The summed E-state index contributed by atoms with van der Waals surface area (Å²) in [5.74, 6) is -0.0882. The number of hydrogen-bond acceptors (Lipinski definition) is 4. The minimum absolute atomic E-state index is 0.0882. The molecule has 0 saturated carbocycles. The highest BCUT2D eigenvalue weighted by molar-refractivity contribution is 9.10. The van der Waals surface area contributed by atoms with Crippen LogP contribution in [0.1, 0.15) is 26.4 Å². The third-order valence-electron chi connectivity index (χ3n) is 5.72. The predicted octanol–water partition coefficient (Wildman–Crippen LogP) is 7.82. The van der Waals surface area contributed by atoms with E-state index >= 15 is 0 Å². The van der Waals surface area contributed by atoms with Crippen molar-refractivity contribution in [3.8, 4) is 22.4 Å². The zero-order valence-electron chi connectivity index (χ0n) is 18.2. The number of aryl methyl sites for hydroxylation is 2. The molecule has 0 bridgehead atoms. The van der Waals surface area contributed by atoms with Gasteiger partial charge in [-0.05, 0) is 55.3 Å². The van der Waals surface area contributed by atoms with Crippen molar-refractivity contribution in [1.82, 2.24) is 4.98 Å². The summed E-state index contributed by atoms with van der Waals surface area (Å²) in [6, 6.07) is 26.1. The van der Waals surface area contributed by atoms with Gasteiger partial charge in [-0.1, -0.05) is 75.6 Å². The van der Waals surface area contributed by atoms with Gasteiger partial charge in [0.1, 0.15) is 9.71 Å². The number of nitrogens with two attached hydrogens (primary N) is 1. The van der Waals surface area contributed by atoms with Crippen LogP contribution in [0.5, 0.6) is 0 Å². The van der Waals surface area contributed by atoms with E-state index in [4.69, 9.17) is 10.7 Å². The molecule has 0 atom stereocenters. The molecule has 0 amide bonds. The zero-order valence-corrected chi connectivity index (χ0v) is 20.6. The number of carbonyl (C=O) groups is 1. The van der Waals surface area contributed by atoms with Crippen molar-refractivity contribution in [1.29, 1.82) is 0 Å². The first kappa shape index (κ1) is 21.6. The van der Waals surface area contributed by atoms with Gasteiger partial charge in [-0.2, -0.15) is 0 Å². The maximum Gasteiger partial charge on any atom is 0.205 e. The molecule has 2 N–H and O–H groups in total. The Morgan fingerprint density at radius 3 is 2.03 bits per heavy atom. The van der Waals surface area contributed by atoms with Crippen molar-refractivity contribution in [3.63, 3.8) is 0 Å². The maximum atomic E-state index is 13.3. The van der Waals surface area contributed by atoms with Crippen LogP contribution >= 0.6 is 27.3 Å². The molecule has 0 aliphatic rings. The predicted molar refractivity (Wildman–Crippen MR) is 142 cm³/mol. The second-order valence-corrected chi connectivity index (χ2v) is 10.1. The van der Waals surface area contributed by atoms with Crippen molar-refractivity contribution < 1.29 is 4.79 Å². The van der Waals surface area contributed by atoms with Crippen LogP contribution in [0.25, 0.3) is 32.6 Å². The number of rotatable bonds is 4. The molecule has 0 spiro atoms. The van der Waals surface area contributed by atoms with Gasteiger partial charge in [-0.3, -0.25) is 4.79 Å². The fourth-order valence-electron chi connectivity index (χ4n) is 3.86. The van der Waals surface area contributed by atoms with Crippen LogP contribution in [-0.4, -0.2) is 10.8 Å². The Balaban J connectivity index is 1.74. The highest BCUT2D eigenvalue weighted by Gasteiger charge is 2.22. The Bertz CT molecular complexity index is 1490. The van der Waals surface area contributed by atoms with E-state index in [1.54, 1.807) is 0 Å². The zero-order chi connectivity index (χ0) is 23.1. The number of hydrogen-bond donors (Lipinski definition) is 1. The van der Waals surface area contributed by atoms with Gasteiger partial charge in [0, 0.05) is 21.0 Å². The lowest BCUT2D eigenvalue weighted by atomic mass is 9.98. The van der Waals surface area contributed by atoms with Crippen LogP contribution in [0.4, 0.5) is 5.69 Å². The fourth-order valence-corrected chi connectivity index (χ4v) is 5.20. The Morgan fingerprint density at radius 1 is 0.848 bits per heavy atom. The van der Waals surface area contributed by atoms with Gasteiger partial charge in [0.05, 0.1) is 11.4 Å². The standard InChI is InChI=1S/C28H21BrN2OS/c1-16-3-7-18(8-4-16)22-15-23(19-9-5-17(2)6-10-19)31-28-24(22)25(30)27(33-28)26(32)20-11-13-21(29)14-12-20/h3-15H,30H2,1-2H3. The first-order chi connectivity index (χ1) is 15.9. The van der Waals surface area contributed by atoms with Gasteiger partial charge in [0.15, 0.2) is 0 Å². The molecule has 33 heavy (non-hydrogen) atoms. The van der Waals surface area contributed by atoms with Gasteiger partial charge in [-0.25, -0.2) is 4.98 Å². The van der Waals surface area contributed by atoms with Crippen molar-refractivity contribution in [2.45, 2.75) is 13.8 Å². The summed E-state index contributed by atoms with van der Waals surface area (Å²) < 4.78 is 0.925. The molecule has 0 aliphatic carbocycles. The van der Waals surface area contributed by atoms with Crippen LogP contribution in [-0.2, 0) is 0 Å². The van der Waals surface area contributed by atoms with Gasteiger partial charge < -0.3 is 5.73 Å². The van der Waals surface area contributed by atoms with E-state index < -0.39 is 0 Å². The molecule has 2 aromatic heterocycles. The van der Waals surface area contributed by atoms with Crippen LogP contribution < -0.4 is 5.73 Å². The Kier molecular flexibility index (Phi) is 5.60. The number of carbonyl (C=O) groups excluding carboxylic acids is 1. The van der Waals surface area contributed by atoms with Crippen LogP contribution in [0, 0.1) is 13.8 Å². The molecule has 5 heteroatoms. The molecular formula is C28H21BrN2OS. The van der Waals surface area contributed by atoms with E-state index in [1.165, 1.54) is 22.5 Å². The number of thiophene rings is 1. The number of ketones is 1. The molecule has 3 nitrogen and oxygen atoms in total. The number of anilines is 1. The second kappa shape index (κ2) is 8.58. The number of nitrogen functional groups attached to an aromatic ring is 1. The van der Waals surface area contributed by atoms with Crippen LogP contribution in [0.3, 0.4) is 0 Å². The summed E-state index contributed by atoms with van der Waals surface area (Å²) in [5.41, 5.74) is 14.0. The lowest BCUT2D eigenvalue weighted by molar-refractivity contribution is 0.104. The maximum absolute atomic E-state index is 13.3. The van der Waals surface area contributed by atoms with Crippen molar-refractivity contribution in [2.24, 2.45) is 0 Å². The molecule has 0 aliphatic heterocycles. The van der Waals surface area contributed by atoms with Gasteiger partial charge >= 0.3 is 0 Å². The normalized spacial score (nSPS) is 11.1. The molecule has 0 saturated heterocycles. The lowest BCUT2D eigenvalue weighted by Gasteiger charge is -2.09. The largest absolute Gasteiger partial charge is 0.397 e. The summed E-state index contributed by atoms with van der Waals surface area (Å²) in [6.07, 6.45) is 0. The number of nitrogens with zero attached hydrogens (tertiary/aromatic N) is 1. The minimum Gasteiger partial charge on any atom is -0.397 e. The summed E-state index contributed by atoms with van der Waals surface area (Å²) in [7, 11) is 0. The quantitative estimate of drug-likeness (QED) is 0.249. The fraction of sp³-hybridized carbons (Fsp3) is 0.0714. The molecule has 162 valence electrons. The number of fused-ring (bicyclic) bond motifs is 1. The Labute approximate surface area is 205 Å². The minimum atomic E-state index is -0.0882. The van der Waals surface area contributed by atoms with Crippen LogP contribution in [0.15, 0.2) is 83.3 Å². The highest BCUT2D eigenvalue weighted by Crippen LogP contribution is 2.42. The molecule has 5 rings (SSSR count). The highest BCUT2D eigenvalue weighted by atomic mass is 79.9. The van der Waals surface area contributed by atoms with Crippen LogP contribution in [0.2, 0.25) is 0 Å². The molecule has 5 aromatic rings. The number of aromatic nitrogens is 1. The molecule has 0 radical (unpaired) electrons. The molecule has 0 unspecified atom stereocenters. The van der Waals surface area contributed by atoms with E-state index in [1.807, 2.05) is 24.3 Å². The SMILES string of the molecule is Cc1ccc(-c2cc(-c3ccc(C)cc3)c3c(N)c(C(=O)c4ccc(Br)cc4)sc3n2)cc1. The first-order valence-electron chi connectivity index (χ1n) is 10.6. The molecular weight excluding hydrogens is 492 g/mol. The summed E-state index contributed by atoms with van der Waals surface area (Å²) in [4.78, 5) is 19.5. The summed E-state index contributed by atoms with van der Waals surface area (Å²) in [6.45, 7) is 4.13. The summed E-state index contributed by atoms with van der Waals surface area (Å²) in [5, 5.41) is 0.833. The average Bonchev–Trinajstić information content (AvgIpc) is 3.16. The second-order valence-electron chi connectivity index (χ2n) is 8.15. The van der Waals surface area contributed by atoms with Gasteiger partial charge in [0.2, 0.25) is 5.78 Å². The third kappa shape index (κ3) is 4.10. The smallest absolute Gasteiger partial charge is 0.205 e. The van der Waals surface area contributed by atoms with Crippen molar-refractivity contribution in [2.75, 3.05) is 5.73 Å².